The van der Waals surface area contributed by atoms with Crippen LogP contribution in [0.25, 0.3) is 12.2 Å². The molecule has 4 heteroatoms. The molecule has 2 atom stereocenters. The van der Waals surface area contributed by atoms with Crippen LogP contribution < -0.4 is 9.96 Å². The van der Waals surface area contributed by atoms with E-state index in [0.717, 1.165) is 0 Å². The molecule has 0 aliphatic heterocycles. The van der Waals surface area contributed by atoms with Gasteiger partial charge in [-0.2, -0.15) is 0 Å². The zero-order valence-electron chi connectivity index (χ0n) is 31.4. The van der Waals surface area contributed by atoms with Gasteiger partial charge in [-0.3, -0.25) is 0 Å². The maximum Gasteiger partial charge on any atom is 0.134 e. The van der Waals surface area contributed by atoms with E-state index < -0.39 is 16.5 Å². The molecule has 0 spiro atoms. The van der Waals surface area contributed by atoms with Crippen molar-refractivity contribution in [2.24, 2.45) is 0 Å². The smallest absolute Gasteiger partial charge is 0.134 e. The fraction of sp³-hybridized carbons (Fsp3) is 0.619. The molecule has 2 aromatic carbocycles. The monoisotopic (exact) mass is 656 g/mol. The van der Waals surface area contributed by atoms with Gasteiger partial charge in [-0.05, 0) is 76.6 Å². The van der Waals surface area contributed by atoms with E-state index in [-0.39, 0.29) is 21.2 Å². The zero-order chi connectivity index (χ0) is 33.7. The van der Waals surface area contributed by atoms with Gasteiger partial charge in [-0.15, -0.1) is 0 Å². The molecule has 2 nitrogen and oxygen atoms in total. The van der Waals surface area contributed by atoms with Gasteiger partial charge in [0.2, 0.25) is 0 Å². The predicted molar refractivity (Wildman–Crippen MR) is 210 cm³/mol. The summed E-state index contributed by atoms with van der Waals surface area (Å²) in [6, 6.07) is 18.3. The van der Waals surface area contributed by atoms with Crippen LogP contribution in [0.4, 0.5) is 0 Å². The quantitative estimate of drug-likeness (QED) is 0.131. The fourth-order valence-electron chi connectivity index (χ4n) is 9.21. The molecular weight excluding hydrogens is 589 g/mol. The van der Waals surface area contributed by atoms with Crippen molar-refractivity contribution in [3.05, 3.63) is 82.9 Å². The zero-order valence-corrected chi connectivity index (χ0v) is 33.4. The van der Waals surface area contributed by atoms with Gasteiger partial charge >= 0.3 is 0 Å². The van der Waals surface area contributed by atoms with Crippen molar-refractivity contribution in [3.63, 3.8) is 0 Å². The van der Waals surface area contributed by atoms with Crippen LogP contribution in [0.1, 0.15) is 141 Å². The minimum absolute atomic E-state index is 0.135. The lowest BCUT2D eigenvalue weighted by molar-refractivity contribution is 0.474. The minimum atomic E-state index is -1.80. The van der Waals surface area contributed by atoms with Crippen LogP contribution in [0.15, 0.2) is 60.7 Å². The Morgan fingerprint density at radius 1 is 0.478 bits per heavy atom. The normalized spacial score (nSPS) is 21.2. The summed E-state index contributed by atoms with van der Waals surface area (Å²) < 4.78 is 0. The van der Waals surface area contributed by atoms with Crippen molar-refractivity contribution >= 4 is 28.6 Å². The van der Waals surface area contributed by atoms with Crippen LogP contribution in [-0.2, 0) is 10.1 Å². The molecule has 46 heavy (non-hydrogen) atoms. The molecule has 0 saturated carbocycles. The molecule has 0 bridgehead atoms. The lowest BCUT2D eigenvalue weighted by atomic mass is 9.92. The second-order valence-corrected chi connectivity index (χ2v) is 26.6. The first-order valence-corrected chi connectivity index (χ1v) is 24.7. The third-order valence-electron chi connectivity index (χ3n) is 11.0. The lowest BCUT2D eigenvalue weighted by Gasteiger charge is -2.47. The molecule has 0 amide bonds. The van der Waals surface area contributed by atoms with E-state index in [1.54, 1.807) is 11.1 Å². The Labute approximate surface area is 286 Å². The Balaban J connectivity index is 1.18. The molecule has 2 aliphatic carbocycles. The lowest BCUT2D eigenvalue weighted by Crippen LogP contribution is -2.65. The van der Waals surface area contributed by atoms with E-state index in [4.69, 9.17) is 0 Å². The van der Waals surface area contributed by atoms with Crippen LogP contribution in [-0.4, -0.2) is 27.5 Å². The fourth-order valence-corrected chi connectivity index (χ4v) is 17.8. The number of hydrogen-bond acceptors (Lipinski definition) is 2. The van der Waals surface area contributed by atoms with Crippen molar-refractivity contribution in [1.29, 1.82) is 0 Å². The molecule has 2 aliphatic rings. The molecule has 254 valence electrons. The van der Waals surface area contributed by atoms with E-state index in [2.05, 4.69) is 151 Å². The highest BCUT2D eigenvalue weighted by molar-refractivity contribution is 6.79. The van der Waals surface area contributed by atoms with E-state index >= 15 is 0 Å². The van der Waals surface area contributed by atoms with Gasteiger partial charge in [0, 0.05) is 21.2 Å². The van der Waals surface area contributed by atoms with Gasteiger partial charge in [-0.1, -0.05) is 163 Å². The Hall–Kier alpha value is -1.73. The van der Waals surface area contributed by atoms with Crippen LogP contribution in [0.3, 0.4) is 0 Å². The predicted octanol–water partition coefficient (Wildman–Crippen LogP) is 11.9. The topological polar surface area (TPSA) is 24.1 Å². The molecule has 2 N–H and O–H groups in total. The van der Waals surface area contributed by atoms with Crippen LogP contribution in [0.5, 0.6) is 0 Å². The Kier molecular flexibility index (Phi) is 11.9. The van der Waals surface area contributed by atoms with Crippen molar-refractivity contribution < 1.29 is 0 Å². The summed E-state index contributed by atoms with van der Waals surface area (Å²) in [5.41, 5.74) is 6.28. The van der Waals surface area contributed by atoms with E-state index in [9.17, 15) is 0 Å². The van der Waals surface area contributed by atoms with Gasteiger partial charge in [0.1, 0.15) is 16.5 Å². The molecule has 0 saturated heterocycles. The summed E-state index contributed by atoms with van der Waals surface area (Å²) in [6.45, 7) is 24.2. The Morgan fingerprint density at radius 2 is 0.783 bits per heavy atom. The first-order chi connectivity index (χ1) is 21.5. The largest absolute Gasteiger partial charge is 0.332 e. The molecular formula is C42H68N2Si2. The first-order valence-electron chi connectivity index (χ1n) is 18.7. The molecule has 0 aromatic heterocycles. The molecule has 2 unspecified atom stereocenters. The summed E-state index contributed by atoms with van der Waals surface area (Å²) in [7, 11) is -3.60. The summed E-state index contributed by atoms with van der Waals surface area (Å²) in [5.74, 6) is 0. The number of fused-ring (bicyclic) bond motifs is 2. The molecule has 0 fully saturated rings. The van der Waals surface area contributed by atoms with Crippen LogP contribution in [0.2, 0.25) is 26.2 Å². The van der Waals surface area contributed by atoms with Gasteiger partial charge in [0.05, 0.1) is 0 Å². The highest BCUT2D eigenvalue weighted by Crippen LogP contribution is 2.47. The third-order valence-corrected chi connectivity index (χ3v) is 19.6. The highest BCUT2D eigenvalue weighted by atomic mass is 28.3. The van der Waals surface area contributed by atoms with Crippen molar-refractivity contribution in [2.75, 3.05) is 0 Å². The number of rotatable bonds is 17. The average Bonchev–Trinajstić information content (AvgIpc) is 3.52. The van der Waals surface area contributed by atoms with Crippen LogP contribution >= 0.6 is 0 Å². The highest BCUT2D eigenvalue weighted by Gasteiger charge is 2.51. The minimum Gasteiger partial charge on any atom is -0.332 e. The van der Waals surface area contributed by atoms with E-state index in [1.807, 2.05) is 0 Å². The number of unbranched alkanes of at least 4 members (excludes halogenated alkanes) is 9. The standard InChI is InChI=1S/C42H68N2Si2/c1-39(2,3)43-45(7,8)41(33-29-35-25-19-21-27-37(35)41)31-23-17-15-13-11-12-14-16-18-24-32-42(46(9,10)44-40(4,5)6)34-30-36-26-20-22-28-38(36)42/h19-22,25-30,33-34,43-44H,11-18,23-24,31-32H2,1-10H3. The maximum absolute atomic E-state index is 4.13. The van der Waals surface area contributed by atoms with Crippen molar-refractivity contribution in [2.45, 2.75) is 166 Å². The Morgan fingerprint density at radius 3 is 1.11 bits per heavy atom. The SMILES string of the molecule is CC(C)(C)N[Si](C)(C)C1(CCCCCCCCCCCCC2([Si](C)(C)NC(C)(C)C)C=Cc3ccccc32)C=Cc2ccccc21. The second-order valence-electron chi connectivity index (χ2n) is 17.8. The van der Waals surface area contributed by atoms with Gasteiger partial charge < -0.3 is 9.96 Å². The maximum atomic E-state index is 4.13. The van der Waals surface area contributed by atoms with Gasteiger partial charge in [-0.25, -0.2) is 0 Å². The summed E-state index contributed by atoms with van der Waals surface area (Å²) in [6.07, 6.45) is 26.2. The molecule has 4 rings (SSSR count). The molecule has 0 radical (unpaired) electrons. The summed E-state index contributed by atoms with van der Waals surface area (Å²) in [4.78, 5) is 8.26. The van der Waals surface area contributed by atoms with Gasteiger partial charge in [0.15, 0.2) is 0 Å². The van der Waals surface area contributed by atoms with Gasteiger partial charge in [0.25, 0.3) is 0 Å². The molecule has 0 heterocycles. The second kappa shape index (κ2) is 14.8. The number of allylic oxidation sites excluding steroid dienone is 2. The Bertz CT molecular complexity index is 1240. The van der Waals surface area contributed by atoms with Crippen molar-refractivity contribution in [1.82, 2.24) is 9.96 Å². The average molecular weight is 657 g/mol. The number of benzene rings is 2. The summed E-state index contributed by atoms with van der Waals surface area (Å²) >= 11 is 0. The first kappa shape index (κ1) is 37.1. The number of nitrogens with one attached hydrogen (secondary N) is 2. The summed E-state index contributed by atoms with van der Waals surface area (Å²) in [5, 5.41) is 0.374. The van der Waals surface area contributed by atoms with E-state index in [1.165, 1.54) is 88.2 Å². The van der Waals surface area contributed by atoms with Crippen molar-refractivity contribution in [3.8, 4) is 0 Å². The molecule has 2 aromatic rings. The van der Waals surface area contributed by atoms with Crippen LogP contribution in [0, 0.1) is 0 Å². The third kappa shape index (κ3) is 8.64. The number of hydrogen-bond donors (Lipinski definition) is 2. The van der Waals surface area contributed by atoms with E-state index in [0.29, 0.717) is 0 Å².